The first-order valence-electron chi connectivity index (χ1n) is 14.2. The third kappa shape index (κ3) is 2.95. The van der Waals surface area contributed by atoms with Crippen molar-refractivity contribution in [2.24, 2.45) is 11.3 Å². The van der Waals surface area contributed by atoms with Crippen LogP contribution < -0.4 is 19.1 Å². The Kier molecular flexibility index (Phi) is 5.68. The van der Waals surface area contributed by atoms with E-state index in [2.05, 4.69) is 35.1 Å². The Balaban J connectivity index is 1.44. The van der Waals surface area contributed by atoms with Crippen molar-refractivity contribution in [3.05, 3.63) is 59.2 Å². The molecule has 1 aliphatic carbocycles. The molecule has 0 radical (unpaired) electrons. The van der Waals surface area contributed by atoms with E-state index in [1.165, 1.54) is 34.0 Å². The summed E-state index contributed by atoms with van der Waals surface area (Å²) in [5.74, 6) is 0.180. The molecule has 2 aromatic carbocycles. The third-order valence-corrected chi connectivity index (χ3v) is 10.8. The topological polar surface area (TPSA) is 86.8 Å². The molecule has 5 aliphatic heterocycles. The normalized spacial score (nSPS) is 36.1. The second kappa shape index (κ2) is 8.89. The van der Waals surface area contributed by atoms with E-state index < -0.39 is 22.9 Å². The zero-order chi connectivity index (χ0) is 28.8. The number of piperidine rings is 4. The van der Waals surface area contributed by atoms with Gasteiger partial charge < -0.3 is 28.6 Å². The number of allylic oxidation sites excluding steroid dienone is 1. The summed E-state index contributed by atoms with van der Waals surface area (Å²) in [5.41, 5.74) is 2.14. The lowest BCUT2D eigenvalue weighted by Crippen LogP contribution is -2.71. The van der Waals surface area contributed by atoms with Gasteiger partial charge in [0.25, 0.3) is 0 Å². The molecule has 0 N–H and O–H groups in total. The van der Waals surface area contributed by atoms with Gasteiger partial charge in [0.15, 0.2) is 11.5 Å². The molecule has 8 rings (SSSR count). The van der Waals surface area contributed by atoms with Gasteiger partial charge in [-0.1, -0.05) is 29.8 Å². The van der Waals surface area contributed by atoms with Crippen LogP contribution in [0.4, 0.5) is 5.69 Å². The van der Waals surface area contributed by atoms with Crippen LogP contribution in [0.2, 0.25) is 0 Å². The molecule has 1 saturated carbocycles. The fraction of sp³-hybridized carbons (Fsp3) is 0.500. The molecule has 0 aromatic heterocycles. The Hall–Kier alpha value is -3.72. The van der Waals surface area contributed by atoms with Crippen molar-refractivity contribution < 1.29 is 33.3 Å². The third-order valence-electron chi connectivity index (χ3n) is 10.8. The molecule has 5 heterocycles. The molecule has 2 aromatic rings. The number of esters is 2. The Morgan fingerprint density at radius 2 is 1.73 bits per heavy atom. The van der Waals surface area contributed by atoms with E-state index >= 15 is 0 Å². The highest BCUT2D eigenvalue weighted by atomic mass is 16.6. The quantitative estimate of drug-likeness (QED) is 0.389. The number of ether oxygens (including phenoxy) is 5. The fourth-order valence-corrected chi connectivity index (χ4v) is 9.51. The highest BCUT2D eigenvalue weighted by Gasteiger charge is 2.84. The molecule has 6 bridgehead atoms. The molecule has 2 unspecified atom stereocenters. The summed E-state index contributed by atoms with van der Waals surface area (Å²) >= 11 is 0. The maximum atomic E-state index is 14.2. The predicted molar refractivity (Wildman–Crippen MR) is 151 cm³/mol. The SMILES string of the molecule is C/C=C1\CN2[C@H]3C[C@@]45c6ccccc6N(C)[C@@H]4[C@@H]2C[C@@H]1[C@@]3(C(=O)OC)C5OC(=O)c1cc(OC)c(OC)c(OC)c1. The number of anilines is 1. The number of methoxy groups -OCH3 is 4. The number of nitrogens with zero attached hydrogens (tertiary/aromatic N) is 2. The van der Waals surface area contributed by atoms with E-state index in [9.17, 15) is 9.59 Å². The van der Waals surface area contributed by atoms with E-state index in [1.54, 1.807) is 12.1 Å². The van der Waals surface area contributed by atoms with Crippen molar-refractivity contribution >= 4 is 17.6 Å². The monoisotopic (exact) mass is 560 g/mol. The summed E-state index contributed by atoms with van der Waals surface area (Å²) < 4.78 is 28.9. The van der Waals surface area contributed by atoms with Crippen molar-refractivity contribution in [3.63, 3.8) is 0 Å². The maximum Gasteiger partial charge on any atom is 0.338 e. The molecule has 8 atom stereocenters. The van der Waals surface area contributed by atoms with Crippen molar-refractivity contribution in [2.45, 2.75) is 49.4 Å². The molecule has 9 nitrogen and oxygen atoms in total. The van der Waals surface area contributed by atoms with Crippen LogP contribution in [0.5, 0.6) is 17.2 Å². The lowest BCUT2D eigenvalue weighted by atomic mass is 9.58. The number of rotatable bonds is 6. The van der Waals surface area contributed by atoms with Gasteiger partial charge in [-0.25, -0.2) is 4.79 Å². The van der Waals surface area contributed by atoms with Crippen LogP contribution in [0.1, 0.15) is 35.7 Å². The lowest BCUT2D eigenvalue weighted by Gasteiger charge is -2.61. The first kappa shape index (κ1) is 26.2. The molecule has 0 amide bonds. The number of fused-ring (bicyclic) bond motifs is 2. The molecule has 9 heteroatoms. The number of para-hydroxylation sites is 1. The Morgan fingerprint density at radius 3 is 2.37 bits per heavy atom. The van der Waals surface area contributed by atoms with E-state index in [1.807, 2.05) is 19.1 Å². The summed E-state index contributed by atoms with van der Waals surface area (Å²) in [6, 6.07) is 11.7. The van der Waals surface area contributed by atoms with Gasteiger partial charge in [-0.15, -0.1) is 0 Å². The van der Waals surface area contributed by atoms with Gasteiger partial charge in [-0.05, 0) is 43.5 Å². The zero-order valence-electron chi connectivity index (χ0n) is 24.3. The highest BCUT2D eigenvalue weighted by Crippen LogP contribution is 2.73. The Bertz CT molecular complexity index is 1460. The van der Waals surface area contributed by atoms with Gasteiger partial charge in [0.05, 0.1) is 45.5 Å². The van der Waals surface area contributed by atoms with Crippen LogP contribution in [0.3, 0.4) is 0 Å². The van der Waals surface area contributed by atoms with Gasteiger partial charge in [0.2, 0.25) is 5.75 Å². The minimum Gasteiger partial charge on any atom is -0.493 e. The Morgan fingerprint density at radius 1 is 1.02 bits per heavy atom. The van der Waals surface area contributed by atoms with E-state index in [0.717, 1.165) is 24.2 Å². The number of carbonyl (C=O) groups is 2. The molecule has 216 valence electrons. The molecular formula is C32H36N2O7. The minimum atomic E-state index is -1.03. The fourth-order valence-electron chi connectivity index (χ4n) is 9.51. The van der Waals surface area contributed by atoms with Gasteiger partial charge in [-0.2, -0.15) is 0 Å². The van der Waals surface area contributed by atoms with Gasteiger partial charge >= 0.3 is 11.9 Å². The van der Waals surface area contributed by atoms with Crippen molar-refractivity contribution in [3.8, 4) is 17.2 Å². The summed E-state index contributed by atoms with van der Waals surface area (Å²) in [5, 5.41) is 0. The molecule has 4 saturated heterocycles. The number of hydrogen-bond donors (Lipinski definition) is 0. The zero-order valence-corrected chi connectivity index (χ0v) is 24.3. The lowest BCUT2D eigenvalue weighted by molar-refractivity contribution is -0.180. The summed E-state index contributed by atoms with van der Waals surface area (Å²) in [7, 11) is 8.13. The number of benzene rings is 2. The van der Waals surface area contributed by atoms with Crippen molar-refractivity contribution in [1.29, 1.82) is 0 Å². The second-order valence-electron chi connectivity index (χ2n) is 11.8. The van der Waals surface area contributed by atoms with Crippen LogP contribution in [0, 0.1) is 11.3 Å². The molecule has 6 aliphatic rings. The summed E-state index contributed by atoms with van der Waals surface area (Å²) in [6.07, 6.45) is 2.92. The molecule has 1 spiro atoms. The summed E-state index contributed by atoms with van der Waals surface area (Å²) in [4.78, 5) is 33.3. The number of hydrogen-bond acceptors (Lipinski definition) is 9. The van der Waals surface area contributed by atoms with Gasteiger partial charge in [0.1, 0.15) is 11.5 Å². The number of carbonyl (C=O) groups excluding carboxylic acids is 2. The summed E-state index contributed by atoms with van der Waals surface area (Å²) in [6.45, 7) is 2.85. The van der Waals surface area contributed by atoms with E-state index in [0.29, 0.717) is 23.7 Å². The predicted octanol–water partition coefficient (Wildman–Crippen LogP) is 3.59. The maximum absolute atomic E-state index is 14.2. The van der Waals surface area contributed by atoms with Crippen LogP contribution in [0.25, 0.3) is 0 Å². The van der Waals surface area contributed by atoms with Crippen molar-refractivity contribution in [2.75, 3.05) is 46.9 Å². The smallest absolute Gasteiger partial charge is 0.338 e. The first-order valence-corrected chi connectivity index (χ1v) is 14.2. The largest absolute Gasteiger partial charge is 0.493 e. The first-order chi connectivity index (χ1) is 19.8. The standard InChI is InChI=1S/C32H36N2O7/c1-7-17-16-34-22-14-20(17)32(30(36)40-6)25(34)15-31(19-10-8-9-11-21(19)33(2)27(22)31)29(32)41-28(35)18-12-23(37-3)26(39-5)24(13-18)38-4/h7-13,20,22,25,27,29H,14-16H2,1-6H3/b17-7+/t20-,22-,25-,27+,29?,31+,32-/m0/s1. The van der Waals surface area contributed by atoms with Crippen LogP contribution in [0.15, 0.2) is 48.0 Å². The Labute approximate surface area is 239 Å². The highest BCUT2D eigenvalue weighted by molar-refractivity contribution is 5.93. The van der Waals surface area contributed by atoms with Crippen LogP contribution in [-0.4, -0.2) is 83.1 Å². The number of likely N-dealkylation sites (N-methyl/N-ethyl adjacent to an activating group) is 1. The van der Waals surface area contributed by atoms with Crippen LogP contribution in [-0.2, 0) is 19.7 Å². The second-order valence-corrected chi connectivity index (χ2v) is 11.8. The van der Waals surface area contributed by atoms with Gasteiger partial charge in [0, 0.05) is 37.3 Å². The molecule has 5 fully saturated rings. The van der Waals surface area contributed by atoms with Gasteiger partial charge in [-0.3, -0.25) is 9.69 Å². The average molecular weight is 561 g/mol. The van der Waals surface area contributed by atoms with Crippen LogP contribution >= 0.6 is 0 Å². The molecular weight excluding hydrogens is 524 g/mol. The van der Waals surface area contributed by atoms with Crippen molar-refractivity contribution in [1.82, 2.24) is 4.90 Å². The minimum absolute atomic E-state index is 0.0452. The molecule has 41 heavy (non-hydrogen) atoms. The average Bonchev–Trinajstić information content (AvgIpc) is 3.40. The van der Waals surface area contributed by atoms with E-state index in [4.69, 9.17) is 23.7 Å². The van der Waals surface area contributed by atoms with E-state index in [-0.39, 0.29) is 35.6 Å².